The molecule has 0 fully saturated rings. The molecule has 4 atom stereocenters. The van der Waals surface area contributed by atoms with Crippen molar-refractivity contribution in [2.24, 2.45) is 11.8 Å². The van der Waals surface area contributed by atoms with Gasteiger partial charge in [0.15, 0.2) is 5.78 Å². The molecule has 0 bridgehead atoms. The SMILES string of the molecule is COc1cc(O)c(C(=O)[C@@H]2CC=C(C)[C@@H](CC=C(C)C)[C@H]2c2ccccc2)c2c1C=CC(C)(CCC=C(C)C)O2. The van der Waals surface area contributed by atoms with Gasteiger partial charge in [-0.25, -0.2) is 0 Å². The van der Waals surface area contributed by atoms with Crippen LogP contribution in [0.4, 0.5) is 0 Å². The van der Waals surface area contributed by atoms with E-state index < -0.39 is 5.60 Å². The normalized spacial score (nSPS) is 23.4. The van der Waals surface area contributed by atoms with Crippen molar-refractivity contribution >= 4 is 11.9 Å². The van der Waals surface area contributed by atoms with Gasteiger partial charge >= 0.3 is 0 Å². The highest BCUT2D eigenvalue weighted by atomic mass is 16.5. The quantitative estimate of drug-likeness (QED) is 0.254. The summed E-state index contributed by atoms with van der Waals surface area (Å²) in [6.07, 6.45) is 13.8. The van der Waals surface area contributed by atoms with E-state index in [0.29, 0.717) is 23.5 Å². The molecule has 1 heterocycles. The zero-order valence-corrected chi connectivity index (χ0v) is 25.1. The van der Waals surface area contributed by atoms with Crippen LogP contribution in [0.5, 0.6) is 17.2 Å². The Kier molecular flexibility index (Phi) is 9.08. The van der Waals surface area contributed by atoms with Crippen molar-refractivity contribution in [3.05, 3.63) is 94.1 Å². The van der Waals surface area contributed by atoms with E-state index in [1.54, 1.807) is 13.2 Å². The lowest BCUT2D eigenvalue weighted by atomic mass is 9.65. The van der Waals surface area contributed by atoms with E-state index in [0.717, 1.165) is 24.8 Å². The molecule has 2 aromatic carbocycles. The van der Waals surface area contributed by atoms with E-state index in [2.05, 4.69) is 65.0 Å². The Hall–Kier alpha value is -3.53. The Morgan fingerprint density at radius 1 is 1.12 bits per heavy atom. The summed E-state index contributed by atoms with van der Waals surface area (Å²) in [4.78, 5) is 14.6. The fourth-order valence-corrected chi connectivity index (χ4v) is 6.08. The van der Waals surface area contributed by atoms with Crippen molar-refractivity contribution in [2.45, 2.75) is 78.7 Å². The molecule has 40 heavy (non-hydrogen) atoms. The van der Waals surface area contributed by atoms with E-state index in [9.17, 15) is 9.90 Å². The highest BCUT2D eigenvalue weighted by Crippen LogP contribution is 2.50. The van der Waals surface area contributed by atoms with Gasteiger partial charge in [-0.2, -0.15) is 0 Å². The smallest absolute Gasteiger partial charge is 0.174 e. The second-order valence-electron chi connectivity index (χ2n) is 12.0. The number of phenolic OH excluding ortho intramolecular Hbond substituents is 1. The minimum Gasteiger partial charge on any atom is -0.507 e. The third kappa shape index (κ3) is 6.27. The maximum atomic E-state index is 14.6. The average Bonchev–Trinajstić information content (AvgIpc) is 2.91. The van der Waals surface area contributed by atoms with Crippen molar-refractivity contribution in [1.29, 1.82) is 0 Å². The highest BCUT2D eigenvalue weighted by molar-refractivity contribution is 6.05. The first-order chi connectivity index (χ1) is 19.0. The molecule has 4 nitrogen and oxygen atoms in total. The molecule has 2 aliphatic rings. The van der Waals surface area contributed by atoms with Crippen molar-refractivity contribution in [3.63, 3.8) is 0 Å². The maximum absolute atomic E-state index is 14.6. The number of aromatic hydroxyl groups is 1. The summed E-state index contributed by atoms with van der Waals surface area (Å²) in [5.74, 6) is 0.562. The van der Waals surface area contributed by atoms with Gasteiger partial charge in [-0.1, -0.05) is 65.3 Å². The summed E-state index contributed by atoms with van der Waals surface area (Å²) in [5, 5.41) is 11.3. The van der Waals surface area contributed by atoms with E-state index >= 15 is 0 Å². The first-order valence-corrected chi connectivity index (χ1v) is 14.4. The minimum absolute atomic E-state index is 0.0189. The highest BCUT2D eigenvalue weighted by Gasteiger charge is 2.42. The zero-order valence-electron chi connectivity index (χ0n) is 25.1. The maximum Gasteiger partial charge on any atom is 0.174 e. The number of carbonyl (C=O) groups excluding carboxylic acids is 1. The van der Waals surface area contributed by atoms with Crippen LogP contribution in [0.25, 0.3) is 6.08 Å². The molecule has 0 amide bonds. The fraction of sp³-hybridized carbons (Fsp3) is 0.417. The molecule has 0 saturated carbocycles. The molecule has 1 N–H and O–H groups in total. The van der Waals surface area contributed by atoms with Crippen LogP contribution in [0.3, 0.4) is 0 Å². The topological polar surface area (TPSA) is 55.8 Å². The predicted octanol–water partition coefficient (Wildman–Crippen LogP) is 9.22. The van der Waals surface area contributed by atoms with Crippen molar-refractivity contribution in [1.82, 2.24) is 0 Å². The predicted molar refractivity (Wildman–Crippen MR) is 164 cm³/mol. The van der Waals surface area contributed by atoms with E-state index in [1.165, 1.54) is 16.7 Å². The van der Waals surface area contributed by atoms with Crippen molar-refractivity contribution in [3.8, 4) is 17.2 Å². The minimum atomic E-state index is -0.610. The summed E-state index contributed by atoms with van der Waals surface area (Å²) >= 11 is 0. The largest absolute Gasteiger partial charge is 0.507 e. The second-order valence-corrected chi connectivity index (χ2v) is 12.0. The van der Waals surface area contributed by atoms with Gasteiger partial charge in [0.25, 0.3) is 0 Å². The summed E-state index contributed by atoms with van der Waals surface area (Å²) in [5.41, 5.74) is 5.33. The molecular weight excluding hydrogens is 496 g/mol. The molecule has 212 valence electrons. The number of ketones is 1. The number of allylic oxidation sites excluding steroid dienone is 6. The molecule has 1 aliphatic carbocycles. The molecule has 1 unspecified atom stereocenters. The molecule has 0 spiro atoms. The molecule has 1 aliphatic heterocycles. The summed E-state index contributed by atoms with van der Waals surface area (Å²) in [6.45, 7) is 12.6. The number of carbonyl (C=O) groups is 1. The first-order valence-electron chi connectivity index (χ1n) is 14.4. The van der Waals surface area contributed by atoms with Gasteiger partial charge in [0.1, 0.15) is 28.4 Å². The number of phenols is 1. The monoisotopic (exact) mass is 540 g/mol. The Balaban J connectivity index is 1.81. The Bertz CT molecular complexity index is 1350. The number of ether oxygens (including phenoxy) is 2. The van der Waals surface area contributed by atoms with Crippen LogP contribution in [0, 0.1) is 11.8 Å². The molecule has 0 radical (unpaired) electrons. The number of Topliss-reactive ketones (excluding diaryl/α,β-unsaturated/α-hetero) is 1. The number of benzene rings is 2. The van der Waals surface area contributed by atoms with E-state index in [1.807, 2.05) is 37.3 Å². The summed E-state index contributed by atoms with van der Waals surface area (Å²) in [6, 6.07) is 11.9. The number of rotatable bonds is 9. The number of hydrogen-bond acceptors (Lipinski definition) is 4. The molecule has 4 heteroatoms. The van der Waals surface area contributed by atoms with Gasteiger partial charge in [-0.15, -0.1) is 0 Å². The van der Waals surface area contributed by atoms with Crippen LogP contribution >= 0.6 is 0 Å². The summed E-state index contributed by atoms with van der Waals surface area (Å²) in [7, 11) is 1.57. The standard InChI is InChI=1S/C36H44O4/c1-23(2)12-11-20-36(6)21-19-28-31(39-7)22-30(37)33(35(28)40-36)34(38)29-18-16-25(5)27(17-15-24(3)4)32(29)26-13-9-8-10-14-26/h8-10,12-16,19,21-22,27,29,32,37H,11,17-18,20H2,1-7H3/t27-,29-,32-,36?/m1/s1. The number of fused-ring (bicyclic) bond motifs is 1. The van der Waals surface area contributed by atoms with Crippen LogP contribution in [0.15, 0.2) is 77.4 Å². The summed E-state index contributed by atoms with van der Waals surface area (Å²) < 4.78 is 12.2. The fourth-order valence-electron chi connectivity index (χ4n) is 6.08. The Labute approximate surface area is 240 Å². The van der Waals surface area contributed by atoms with Gasteiger partial charge in [0.05, 0.1) is 12.7 Å². The van der Waals surface area contributed by atoms with Crippen LogP contribution < -0.4 is 9.47 Å². The van der Waals surface area contributed by atoms with Crippen LogP contribution in [0.1, 0.15) is 94.6 Å². The molecule has 2 aromatic rings. The number of methoxy groups -OCH3 is 1. The lowest BCUT2D eigenvalue weighted by molar-refractivity contribution is 0.0853. The van der Waals surface area contributed by atoms with E-state index in [-0.39, 0.29) is 34.8 Å². The Morgan fingerprint density at radius 3 is 2.48 bits per heavy atom. The van der Waals surface area contributed by atoms with Crippen LogP contribution in [-0.4, -0.2) is 23.6 Å². The lowest BCUT2D eigenvalue weighted by Gasteiger charge is -2.38. The molecule has 4 rings (SSSR count). The third-order valence-corrected chi connectivity index (χ3v) is 8.31. The van der Waals surface area contributed by atoms with Gasteiger partial charge in [-0.05, 0) is 90.9 Å². The zero-order chi connectivity index (χ0) is 29.0. The lowest BCUT2D eigenvalue weighted by Crippen LogP contribution is -2.35. The second kappa shape index (κ2) is 12.3. The van der Waals surface area contributed by atoms with Crippen molar-refractivity contribution in [2.75, 3.05) is 7.11 Å². The van der Waals surface area contributed by atoms with Gasteiger partial charge < -0.3 is 14.6 Å². The average molecular weight is 541 g/mol. The first kappa shape index (κ1) is 29.5. The van der Waals surface area contributed by atoms with Crippen LogP contribution in [0.2, 0.25) is 0 Å². The van der Waals surface area contributed by atoms with E-state index in [4.69, 9.17) is 9.47 Å². The van der Waals surface area contributed by atoms with Gasteiger partial charge in [0.2, 0.25) is 0 Å². The third-order valence-electron chi connectivity index (χ3n) is 8.31. The molecular formula is C36H44O4. The number of hydrogen-bond donors (Lipinski definition) is 1. The van der Waals surface area contributed by atoms with Gasteiger partial charge in [0, 0.05) is 17.9 Å². The Morgan fingerprint density at radius 2 is 1.82 bits per heavy atom. The van der Waals surface area contributed by atoms with Crippen LogP contribution in [-0.2, 0) is 0 Å². The van der Waals surface area contributed by atoms with Crippen molar-refractivity contribution < 1.29 is 19.4 Å². The molecule has 0 aromatic heterocycles. The van der Waals surface area contributed by atoms with Gasteiger partial charge in [-0.3, -0.25) is 4.79 Å². The molecule has 0 saturated heterocycles.